The fraction of sp³-hybridized carbons (Fsp3) is 0.879. The molecule has 0 aliphatic heterocycles. The molecule has 0 saturated heterocycles. The van der Waals surface area contributed by atoms with Crippen molar-refractivity contribution in [1.82, 2.24) is 0 Å². The number of ketones is 1. The lowest BCUT2D eigenvalue weighted by atomic mass is 9.86. The Morgan fingerprint density at radius 2 is 1.54 bits per heavy atom. The van der Waals surface area contributed by atoms with Crippen LogP contribution in [0.5, 0.6) is 0 Å². The first-order valence-electron chi connectivity index (χ1n) is 16.1. The normalized spacial score (nSPS) is 22.4. The van der Waals surface area contributed by atoms with Crippen LogP contribution in [0, 0.1) is 11.8 Å². The molecule has 0 aromatic rings. The molecule has 1 fully saturated rings. The summed E-state index contributed by atoms with van der Waals surface area (Å²) in [5.74, 6) is -0.775. The summed E-state index contributed by atoms with van der Waals surface area (Å²) < 4.78 is 18.5. The van der Waals surface area contributed by atoms with Gasteiger partial charge in [0.15, 0.2) is 16.6 Å². The summed E-state index contributed by atoms with van der Waals surface area (Å²) in [5.41, 5.74) is 0. The maximum Gasteiger partial charge on any atom is 0.305 e. The van der Waals surface area contributed by atoms with Gasteiger partial charge in [0.25, 0.3) is 0 Å². The van der Waals surface area contributed by atoms with Crippen LogP contribution >= 0.6 is 0 Å². The van der Waals surface area contributed by atoms with Crippen LogP contribution in [0.1, 0.15) is 113 Å². The Morgan fingerprint density at radius 3 is 2.07 bits per heavy atom. The van der Waals surface area contributed by atoms with Gasteiger partial charge in [-0.1, -0.05) is 92.7 Å². The third kappa shape index (κ3) is 12.0. The number of aliphatic hydroxyl groups is 1. The molecule has 0 amide bonds. The van der Waals surface area contributed by atoms with Crippen molar-refractivity contribution in [1.29, 1.82) is 0 Å². The number of Topliss-reactive ketones (excluding diaryl/α,β-unsaturated/α-hetero) is 1. The number of carbonyl (C=O) groups excluding carboxylic acids is 2. The van der Waals surface area contributed by atoms with Crippen LogP contribution in [0.3, 0.4) is 0 Å². The van der Waals surface area contributed by atoms with E-state index in [1.807, 2.05) is 0 Å². The van der Waals surface area contributed by atoms with Crippen molar-refractivity contribution in [2.45, 2.75) is 167 Å². The smallest absolute Gasteiger partial charge is 0.305 e. The van der Waals surface area contributed by atoms with Gasteiger partial charge in [-0.15, -0.1) is 0 Å². The minimum absolute atomic E-state index is 0.0113. The number of aliphatic hydroxyl groups excluding tert-OH is 1. The van der Waals surface area contributed by atoms with E-state index in [1.54, 1.807) is 0 Å². The first-order valence-corrected chi connectivity index (χ1v) is 21.9. The molecule has 6 nitrogen and oxygen atoms in total. The number of unbranched alkanes of at least 4 members (excludes halogenated alkanes) is 4. The largest absolute Gasteiger partial charge is 0.469 e. The maximum absolute atomic E-state index is 13.5. The fourth-order valence-corrected chi connectivity index (χ4v) is 7.64. The average Bonchev–Trinajstić information content (AvgIpc) is 3.14. The third-order valence-electron chi connectivity index (χ3n) is 9.79. The second kappa shape index (κ2) is 16.3. The zero-order valence-electron chi connectivity index (χ0n) is 28.6. The first kappa shape index (κ1) is 38.2. The Balaban J connectivity index is 3.24. The number of esters is 1. The van der Waals surface area contributed by atoms with Gasteiger partial charge in [0.2, 0.25) is 0 Å². The number of ether oxygens (including phenoxy) is 1. The second-order valence-corrected chi connectivity index (χ2v) is 24.7. The van der Waals surface area contributed by atoms with Crippen molar-refractivity contribution in [3.63, 3.8) is 0 Å². The van der Waals surface area contributed by atoms with Crippen LogP contribution in [-0.2, 0) is 23.2 Å². The van der Waals surface area contributed by atoms with Crippen molar-refractivity contribution in [3.8, 4) is 0 Å². The van der Waals surface area contributed by atoms with Crippen molar-refractivity contribution in [2.24, 2.45) is 11.8 Å². The third-order valence-corrected chi connectivity index (χ3v) is 18.8. The SMILES string of the molecule is CCCCCC(C=CC1C(O[Si](C)(C)C(C)(C)C)CC(=O)C1C(O)CCCCCC(=O)OC)O[Si](C)(C)C(C)(C)C. The molecule has 1 rings (SSSR count). The molecule has 41 heavy (non-hydrogen) atoms. The van der Waals surface area contributed by atoms with Gasteiger partial charge in [-0.05, 0) is 55.5 Å². The van der Waals surface area contributed by atoms with Crippen molar-refractivity contribution in [3.05, 3.63) is 12.2 Å². The highest BCUT2D eigenvalue weighted by Crippen LogP contribution is 2.44. The molecule has 1 aliphatic carbocycles. The first-order chi connectivity index (χ1) is 18.8. The van der Waals surface area contributed by atoms with E-state index in [2.05, 4.69) is 86.8 Å². The number of methoxy groups -OCH3 is 1. The standard InChI is InChI=1S/C33H64O6Si2/c1-13-14-16-19-25(38-40(9,10)32(2,3)4)22-23-26-29(39-41(11,12)33(5,6)7)24-28(35)31(26)27(34)20-17-15-18-21-30(36)37-8/h22-23,25-27,29,31,34H,13-21,24H2,1-12H3. The minimum Gasteiger partial charge on any atom is -0.469 e. The molecular formula is C33H64O6Si2. The lowest BCUT2D eigenvalue weighted by Gasteiger charge is -2.40. The average molecular weight is 613 g/mol. The predicted molar refractivity (Wildman–Crippen MR) is 175 cm³/mol. The Kier molecular flexibility index (Phi) is 15.2. The number of rotatable bonds is 17. The lowest BCUT2D eigenvalue weighted by Crippen LogP contribution is -2.45. The molecule has 240 valence electrons. The minimum atomic E-state index is -2.14. The Hall–Kier alpha value is -0.806. The lowest BCUT2D eigenvalue weighted by molar-refractivity contribution is -0.140. The van der Waals surface area contributed by atoms with E-state index < -0.39 is 28.7 Å². The van der Waals surface area contributed by atoms with E-state index in [4.69, 9.17) is 13.6 Å². The highest BCUT2D eigenvalue weighted by Gasteiger charge is 2.49. The van der Waals surface area contributed by atoms with Crippen molar-refractivity contribution < 1.29 is 28.3 Å². The Bertz CT molecular complexity index is 840. The molecular weight excluding hydrogens is 549 g/mol. The van der Waals surface area contributed by atoms with Crippen LogP contribution in [0.4, 0.5) is 0 Å². The fourth-order valence-electron chi connectivity index (χ4n) is 4.99. The molecule has 5 atom stereocenters. The summed E-state index contributed by atoms with van der Waals surface area (Å²) in [6.07, 6.45) is 11.3. The molecule has 0 aromatic heterocycles. The van der Waals surface area contributed by atoms with Crippen LogP contribution in [0.25, 0.3) is 0 Å². The topological polar surface area (TPSA) is 82.1 Å². The molecule has 0 heterocycles. The van der Waals surface area contributed by atoms with Gasteiger partial charge in [0.1, 0.15) is 5.78 Å². The highest BCUT2D eigenvalue weighted by molar-refractivity contribution is 6.74. The summed E-state index contributed by atoms with van der Waals surface area (Å²) >= 11 is 0. The number of hydrogen-bond donors (Lipinski definition) is 1. The zero-order valence-corrected chi connectivity index (χ0v) is 30.6. The van der Waals surface area contributed by atoms with E-state index in [9.17, 15) is 14.7 Å². The molecule has 0 bridgehead atoms. The Morgan fingerprint density at radius 1 is 0.951 bits per heavy atom. The summed E-state index contributed by atoms with van der Waals surface area (Å²) in [7, 11) is -2.73. The van der Waals surface area contributed by atoms with Crippen LogP contribution in [0.15, 0.2) is 12.2 Å². The molecule has 0 spiro atoms. The number of carbonyl (C=O) groups is 2. The molecule has 5 unspecified atom stereocenters. The molecule has 1 aliphatic rings. The Labute approximate surface area is 254 Å². The van der Waals surface area contributed by atoms with Crippen molar-refractivity contribution >= 4 is 28.4 Å². The summed E-state index contributed by atoms with van der Waals surface area (Å²) in [5, 5.41) is 11.5. The summed E-state index contributed by atoms with van der Waals surface area (Å²) in [6.45, 7) is 24.7. The van der Waals surface area contributed by atoms with E-state index in [0.29, 0.717) is 19.3 Å². The molecule has 1 saturated carbocycles. The zero-order chi connectivity index (χ0) is 31.6. The van der Waals surface area contributed by atoms with E-state index in [0.717, 1.165) is 38.5 Å². The molecule has 1 N–H and O–H groups in total. The molecule has 8 heteroatoms. The van der Waals surface area contributed by atoms with Crippen LogP contribution in [0.2, 0.25) is 36.3 Å². The second-order valence-electron chi connectivity index (χ2n) is 15.2. The van der Waals surface area contributed by atoms with Gasteiger partial charge in [-0.2, -0.15) is 0 Å². The highest BCUT2D eigenvalue weighted by atomic mass is 28.4. The quantitative estimate of drug-likeness (QED) is 0.0767. The van der Waals surface area contributed by atoms with Gasteiger partial charge >= 0.3 is 5.97 Å². The van der Waals surface area contributed by atoms with Gasteiger partial charge in [0, 0.05) is 18.8 Å². The van der Waals surface area contributed by atoms with Gasteiger partial charge < -0.3 is 18.7 Å². The summed E-state index contributed by atoms with van der Waals surface area (Å²) in [6, 6.07) is 0. The van der Waals surface area contributed by atoms with Crippen LogP contribution in [-0.4, -0.2) is 58.9 Å². The summed E-state index contributed by atoms with van der Waals surface area (Å²) in [4.78, 5) is 24.9. The van der Waals surface area contributed by atoms with Crippen molar-refractivity contribution in [2.75, 3.05) is 7.11 Å². The molecule has 0 radical (unpaired) electrons. The number of hydrogen-bond acceptors (Lipinski definition) is 6. The van der Waals surface area contributed by atoms with Crippen LogP contribution < -0.4 is 0 Å². The maximum atomic E-state index is 13.5. The van der Waals surface area contributed by atoms with E-state index in [1.165, 1.54) is 13.5 Å². The van der Waals surface area contributed by atoms with E-state index >= 15 is 0 Å². The predicted octanol–water partition coefficient (Wildman–Crippen LogP) is 8.59. The molecule has 0 aromatic carbocycles. The van der Waals surface area contributed by atoms with E-state index in [-0.39, 0.29) is 40.0 Å². The monoisotopic (exact) mass is 612 g/mol. The van der Waals surface area contributed by atoms with Gasteiger partial charge in [0.05, 0.1) is 31.3 Å². The van der Waals surface area contributed by atoms with Gasteiger partial charge in [-0.3, -0.25) is 9.59 Å². The van der Waals surface area contributed by atoms with Gasteiger partial charge in [-0.25, -0.2) is 0 Å².